The Morgan fingerprint density at radius 1 is 1.12 bits per heavy atom. The predicted molar refractivity (Wildman–Crippen MR) is 122 cm³/mol. The number of carbonyl (C=O) groups excluding carboxylic acids is 1. The Morgan fingerprint density at radius 3 is 2.65 bits per heavy atom. The molecule has 1 aliphatic rings. The van der Waals surface area contributed by atoms with Crippen LogP contribution in [-0.2, 0) is 6.42 Å². The summed E-state index contributed by atoms with van der Waals surface area (Å²) in [6.07, 6.45) is 3.26. The van der Waals surface area contributed by atoms with E-state index in [0.717, 1.165) is 12.5 Å². The second-order valence-corrected chi connectivity index (χ2v) is 8.62. The number of hydrogen-bond acceptors (Lipinski definition) is 4. The largest absolute Gasteiger partial charge is 0.481 e. The SMILES string of the molecule is COc1ccc(-c2cc(F)c(NC(=O)N[C@@H]3CC[C@H](C)Cc4c3ccnc4F)cc2Cl)c(F)n1. The number of amides is 2. The van der Waals surface area contributed by atoms with Crippen molar-refractivity contribution in [1.29, 1.82) is 0 Å². The molecule has 10 heteroatoms. The lowest BCUT2D eigenvalue weighted by Crippen LogP contribution is -2.33. The maximum Gasteiger partial charge on any atom is 0.319 e. The highest BCUT2D eigenvalue weighted by molar-refractivity contribution is 6.33. The van der Waals surface area contributed by atoms with Crippen molar-refractivity contribution in [2.24, 2.45) is 5.92 Å². The van der Waals surface area contributed by atoms with Crippen LogP contribution in [0.25, 0.3) is 11.1 Å². The first-order valence-electron chi connectivity index (χ1n) is 10.7. The minimum atomic E-state index is -0.873. The van der Waals surface area contributed by atoms with Gasteiger partial charge in [0.2, 0.25) is 17.8 Å². The van der Waals surface area contributed by atoms with Crippen LogP contribution in [0.2, 0.25) is 5.02 Å². The van der Waals surface area contributed by atoms with E-state index in [-0.39, 0.29) is 33.6 Å². The summed E-state index contributed by atoms with van der Waals surface area (Å²) in [5, 5.41) is 5.24. The highest BCUT2D eigenvalue weighted by Crippen LogP contribution is 2.35. The van der Waals surface area contributed by atoms with Crippen molar-refractivity contribution < 1.29 is 22.7 Å². The molecule has 2 amide bonds. The minimum absolute atomic E-state index is 0.0134. The van der Waals surface area contributed by atoms with Crippen LogP contribution in [-0.4, -0.2) is 23.1 Å². The number of anilines is 1. The third kappa shape index (κ3) is 4.94. The zero-order valence-corrected chi connectivity index (χ0v) is 19.2. The van der Waals surface area contributed by atoms with Gasteiger partial charge in [-0.1, -0.05) is 18.5 Å². The zero-order valence-electron chi connectivity index (χ0n) is 18.5. The van der Waals surface area contributed by atoms with E-state index in [0.29, 0.717) is 24.0 Å². The van der Waals surface area contributed by atoms with Crippen molar-refractivity contribution >= 4 is 23.3 Å². The molecular weight excluding hydrogens is 469 g/mol. The van der Waals surface area contributed by atoms with Gasteiger partial charge in [-0.2, -0.15) is 13.8 Å². The molecule has 2 heterocycles. The third-order valence-corrected chi connectivity index (χ3v) is 6.16. The molecule has 1 aliphatic carbocycles. The summed E-state index contributed by atoms with van der Waals surface area (Å²) in [6.45, 7) is 2.01. The molecule has 2 N–H and O–H groups in total. The first-order chi connectivity index (χ1) is 16.3. The molecule has 6 nitrogen and oxygen atoms in total. The topological polar surface area (TPSA) is 76.1 Å². The lowest BCUT2D eigenvalue weighted by molar-refractivity contribution is 0.247. The van der Waals surface area contributed by atoms with E-state index in [9.17, 15) is 18.0 Å². The van der Waals surface area contributed by atoms with Crippen molar-refractivity contribution in [2.45, 2.75) is 32.2 Å². The molecule has 4 rings (SSSR count). The Hall–Kier alpha value is -3.33. The quantitative estimate of drug-likeness (QED) is 0.344. The number of pyridine rings is 2. The average molecular weight is 491 g/mol. The Labute approximate surface area is 199 Å². The van der Waals surface area contributed by atoms with E-state index >= 15 is 0 Å². The Balaban J connectivity index is 1.54. The summed E-state index contributed by atoms with van der Waals surface area (Å²) >= 11 is 6.27. The third-order valence-electron chi connectivity index (χ3n) is 5.85. The number of urea groups is 1. The molecule has 0 radical (unpaired) electrons. The van der Waals surface area contributed by atoms with Crippen LogP contribution in [0.1, 0.15) is 36.9 Å². The maximum absolute atomic E-state index is 14.8. The molecule has 0 saturated heterocycles. The van der Waals surface area contributed by atoms with Gasteiger partial charge in [0.05, 0.1) is 23.9 Å². The molecule has 3 aromatic rings. The summed E-state index contributed by atoms with van der Waals surface area (Å²) in [5.41, 5.74) is 1.01. The van der Waals surface area contributed by atoms with Crippen LogP contribution in [0.4, 0.5) is 23.7 Å². The number of ether oxygens (including phenoxy) is 1. The summed E-state index contributed by atoms with van der Waals surface area (Å²) in [7, 11) is 1.35. The molecule has 1 aromatic carbocycles. The first kappa shape index (κ1) is 23.8. The summed E-state index contributed by atoms with van der Waals surface area (Å²) in [6, 6.07) is 5.56. The zero-order chi connectivity index (χ0) is 24.4. The number of benzene rings is 1. The van der Waals surface area contributed by atoms with Gasteiger partial charge >= 0.3 is 6.03 Å². The van der Waals surface area contributed by atoms with Gasteiger partial charge in [0.15, 0.2) is 0 Å². The van der Waals surface area contributed by atoms with E-state index in [1.807, 2.05) is 6.92 Å². The van der Waals surface area contributed by atoms with Crippen LogP contribution in [0, 0.1) is 23.6 Å². The smallest absolute Gasteiger partial charge is 0.319 e. The Morgan fingerprint density at radius 2 is 1.91 bits per heavy atom. The van der Waals surface area contributed by atoms with Crippen LogP contribution in [0.5, 0.6) is 5.88 Å². The lowest BCUT2D eigenvalue weighted by atomic mass is 9.99. The van der Waals surface area contributed by atoms with Crippen molar-refractivity contribution in [3.05, 3.63) is 70.4 Å². The Kier molecular flexibility index (Phi) is 6.92. The second kappa shape index (κ2) is 9.89. The van der Waals surface area contributed by atoms with E-state index < -0.39 is 29.8 Å². The molecular formula is C24H22ClF3N4O2. The van der Waals surface area contributed by atoms with Crippen molar-refractivity contribution in [2.75, 3.05) is 12.4 Å². The molecule has 0 spiro atoms. The van der Waals surface area contributed by atoms with Crippen molar-refractivity contribution in [3.8, 4) is 17.0 Å². The number of aromatic nitrogens is 2. The fourth-order valence-corrected chi connectivity index (χ4v) is 4.38. The minimum Gasteiger partial charge on any atom is -0.481 e. The number of methoxy groups -OCH3 is 1. The number of halogens is 4. The summed E-state index contributed by atoms with van der Waals surface area (Å²) in [4.78, 5) is 20.0. The van der Waals surface area contributed by atoms with Gasteiger partial charge in [-0.25, -0.2) is 14.2 Å². The fraction of sp³-hybridized carbons (Fsp3) is 0.292. The number of rotatable bonds is 4. The van der Waals surface area contributed by atoms with Gasteiger partial charge in [0.25, 0.3) is 0 Å². The number of fused-ring (bicyclic) bond motifs is 1. The predicted octanol–water partition coefficient (Wildman–Crippen LogP) is 6.06. The molecule has 0 unspecified atom stereocenters. The summed E-state index contributed by atoms with van der Waals surface area (Å²) in [5.74, 6) is -1.94. The number of hydrogen-bond donors (Lipinski definition) is 2. The standard InChI is InChI=1S/C24H22ClF3N4O2/c1-12-3-5-19(13-7-8-29-22(27)16(13)9-12)30-24(33)31-20-11-17(25)15(10-18(20)26)14-4-6-21(34-2)32-23(14)28/h4,6-8,10-12,19H,3,5,9H2,1-2H3,(H2,30,31,33)/t12-,19+/m0/s1. The Bertz CT molecular complexity index is 1240. The maximum atomic E-state index is 14.8. The van der Waals surface area contributed by atoms with Gasteiger partial charge in [0.1, 0.15) is 5.82 Å². The molecule has 0 aliphatic heterocycles. The van der Waals surface area contributed by atoms with Gasteiger partial charge in [-0.15, -0.1) is 0 Å². The van der Waals surface area contributed by atoms with Crippen LogP contribution in [0.3, 0.4) is 0 Å². The molecule has 178 valence electrons. The van der Waals surface area contributed by atoms with Crippen LogP contribution < -0.4 is 15.4 Å². The van der Waals surface area contributed by atoms with E-state index in [2.05, 4.69) is 20.6 Å². The molecule has 0 fully saturated rings. The normalized spacial score (nSPS) is 17.5. The molecule has 2 aromatic heterocycles. The lowest BCUT2D eigenvalue weighted by Gasteiger charge is -2.20. The van der Waals surface area contributed by atoms with Crippen LogP contribution in [0.15, 0.2) is 36.5 Å². The molecule has 0 bridgehead atoms. The van der Waals surface area contributed by atoms with Crippen molar-refractivity contribution in [3.63, 3.8) is 0 Å². The second-order valence-electron chi connectivity index (χ2n) is 8.21. The molecule has 2 atom stereocenters. The van der Waals surface area contributed by atoms with Crippen molar-refractivity contribution in [1.82, 2.24) is 15.3 Å². The molecule has 34 heavy (non-hydrogen) atoms. The average Bonchev–Trinajstić information content (AvgIpc) is 2.96. The molecule has 0 saturated carbocycles. The monoisotopic (exact) mass is 490 g/mol. The summed E-state index contributed by atoms with van der Waals surface area (Å²) < 4.78 is 48.3. The number of nitrogens with one attached hydrogen (secondary N) is 2. The van der Waals surface area contributed by atoms with E-state index in [1.165, 1.54) is 31.5 Å². The number of nitrogens with zero attached hydrogens (tertiary/aromatic N) is 2. The van der Waals surface area contributed by atoms with E-state index in [1.54, 1.807) is 6.07 Å². The highest BCUT2D eigenvalue weighted by Gasteiger charge is 2.26. The van der Waals surface area contributed by atoms with Gasteiger partial charge in [-0.3, -0.25) is 0 Å². The van der Waals surface area contributed by atoms with Gasteiger partial charge < -0.3 is 15.4 Å². The fourth-order valence-electron chi connectivity index (χ4n) is 4.11. The number of carbonyl (C=O) groups is 1. The first-order valence-corrected chi connectivity index (χ1v) is 11.0. The highest BCUT2D eigenvalue weighted by atomic mass is 35.5. The van der Waals surface area contributed by atoms with Gasteiger partial charge in [0, 0.05) is 29.0 Å². The van der Waals surface area contributed by atoms with Gasteiger partial charge in [-0.05, 0) is 55.0 Å². The van der Waals surface area contributed by atoms with E-state index in [4.69, 9.17) is 16.3 Å². The van der Waals surface area contributed by atoms with Crippen LogP contribution >= 0.6 is 11.6 Å².